The van der Waals surface area contributed by atoms with Gasteiger partial charge in [-0.2, -0.15) is 0 Å². The van der Waals surface area contributed by atoms with Crippen LogP contribution in [-0.4, -0.2) is 86.5 Å². The first-order valence-electron chi connectivity index (χ1n) is 11.5. The lowest BCUT2D eigenvalue weighted by molar-refractivity contribution is 0.101. The number of phenolic OH excluding ortho intramolecular Hbond substituents is 1. The fraction of sp³-hybridized carbons (Fsp3) is 0.423. The number of piperazine rings is 1. The molecule has 9 nitrogen and oxygen atoms in total. The first kappa shape index (κ1) is 24.8. The summed E-state index contributed by atoms with van der Waals surface area (Å²) in [6.45, 7) is 6.32. The predicted octanol–water partition coefficient (Wildman–Crippen LogP) is 2.45. The zero-order valence-electron chi connectivity index (χ0n) is 20.6. The van der Waals surface area contributed by atoms with Crippen LogP contribution in [0.3, 0.4) is 0 Å². The number of aliphatic hydroxyl groups is 1. The Balaban J connectivity index is 1.64. The van der Waals surface area contributed by atoms with E-state index >= 15 is 0 Å². The van der Waals surface area contributed by atoms with Crippen molar-refractivity contribution in [2.75, 3.05) is 60.7 Å². The Morgan fingerprint density at radius 2 is 1.63 bits per heavy atom. The lowest BCUT2D eigenvalue weighted by atomic mass is 9.99. The van der Waals surface area contributed by atoms with Gasteiger partial charge in [0.2, 0.25) is 11.5 Å². The van der Waals surface area contributed by atoms with Crippen molar-refractivity contribution in [2.45, 2.75) is 13.5 Å². The molecule has 2 aromatic carbocycles. The number of nitrogens with zero attached hydrogens (tertiary/aromatic N) is 2. The lowest BCUT2D eigenvalue weighted by Crippen LogP contribution is -2.46. The monoisotopic (exact) mass is 484 g/mol. The van der Waals surface area contributed by atoms with Crippen LogP contribution in [0.5, 0.6) is 28.7 Å². The number of aryl methyl sites for hydroxylation is 1. The van der Waals surface area contributed by atoms with Crippen LogP contribution in [0.4, 0.5) is 0 Å². The number of hydrogen-bond acceptors (Lipinski definition) is 9. The van der Waals surface area contributed by atoms with Crippen molar-refractivity contribution in [3.05, 3.63) is 46.2 Å². The first-order valence-corrected chi connectivity index (χ1v) is 11.5. The molecule has 0 aromatic heterocycles. The molecule has 1 fully saturated rings. The molecule has 2 aromatic rings. The van der Waals surface area contributed by atoms with Gasteiger partial charge in [-0.25, -0.2) is 0 Å². The Kier molecular flexibility index (Phi) is 7.49. The number of fused-ring (bicyclic) bond motifs is 1. The number of aromatic hydroxyl groups is 1. The Morgan fingerprint density at radius 3 is 2.20 bits per heavy atom. The molecular formula is C26H32N2O7. The summed E-state index contributed by atoms with van der Waals surface area (Å²) in [7, 11) is 4.59. The molecule has 0 saturated carbocycles. The highest BCUT2D eigenvalue weighted by atomic mass is 16.5. The molecule has 2 N–H and O–H groups in total. The Hall–Kier alpha value is -3.27. The van der Waals surface area contributed by atoms with E-state index in [0.29, 0.717) is 58.3 Å². The molecule has 2 heterocycles. The normalized spacial score (nSPS) is 17.4. The number of methoxy groups -OCH3 is 3. The minimum absolute atomic E-state index is 0.112. The quantitative estimate of drug-likeness (QED) is 0.547. The maximum absolute atomic E-state index is 13.3. The van der Waals surface area contributed by atoms with Crippen molar-refractivity contribution in [1.29, 1.82) is 0 Å². The number of allylic oxidation sites excluding steroid dienone is 1. The molecule has 0 amide bonds. The van der Waals surface area contributed by atoms with E-state index in [0.717, 1.165) is 26.2 Å². The van der Waals surface area contributed by atoms with Gasteiger partial charge in [-0.3, -0.25) is 14.6 Å². The van der Waals surface area contributed by atoms with E-state index in [9.17, 15) is 9.90 Å². The smallest absolute Gasteiger partial charge is 0.232 e. The van der Waals surface area contributed by atoms with E-state index in [-0.39, 0.29) is 23.9 Å². The summed E-state index contributed by atoms with van der Waals surface area (Å²) >= 11 is 0. The van der Waals surface area contributed by atoms with Crippen LogP contribution < -0.4 is 18.9 Å². The third-order valence-electron chi connectivity index (χ3n) is 6.47. The van der Waals surface area contributed by atoms with Gasteiger partial charge >= 0.3 is 0 Å². The molecule has 9 heteroatoms. The van der Waals surface area contributed by atoms with Crippen LogP contribution in [0.15, 0.2) is 24.0 Å². The summed E-state index contributed by atoms with van der Waals surface area (Å²) in [5.74, 6) is 1.84. The molecule has 2 aliphatic heterocycles. The van der Waals surface area contributed by atoms with Crippen LogP contribution in [0.2, 0.25) is 0 Å². The second-order valence-corrected chi connectivity index (χ2v) is 8.64. The fourth-order valence-corrected chi connectivity index (χ4v) is 4.60. The van der Waals surface area contributed by atoms with Crippen molar-refractivity contribution in [3.63, 3.8) is 0 Å². The molecule has 2 aliphatic rings. The largest absolute Gasteiger partial charge is 0.507 e. The minimum atomic E-state index is -0.236. The Labute approximate surface area is 205 Å². The summed E-state index contributed by atoms with van der Waals surface area (Å²) in [5.41, 5.74) is 2.38. The molecule has 0 aliphatic carbocycles. The Bertz CT molecular complexity index is 1110. The van der Waals surface area contributed by atoms with Crippen molar-refractivity contribution in [3.8, 4) is 28.7 Å². The van der Waals surface area contributed by atoms with Crippen LogP contribution in [0.1, 0.15) is 27.0 Å². The average molecular weight is 485 g/mol. The third-order valence-corrected chi connectivity index (χ3v) is 6.47. The first-order chi connectivity index (χ1) is 16.9. The number of phenols is 1. The number of carbonyl (C=O) groups excluding carboxylic acids is 1. The maximum Gasteiger partial charge on any atom is 0.232 e. The summed E-state index contributed by atoms with van der Waals surface area (Å²) < 4.78 is 22.3. The average Bonchev–Trinajstić information content (AvgIpc) is 3.18. The summed E-state index contributed by atoms with van der Waals surface area (Å²) in [5, 5.41) is 19.9. The highest BCUT2D eigenvalue weighted by molar-refractivity contribution is 6.16. The van der Waals surface area contributed by atoms with Gasteiger partial charge in [0.05, 0.1) is 39.1 Å². The van der Waals surface area contributed by atoms with E-state index in [1.54, 1.807) is 31.2 Å². The highest BCUT2D eigenvalue weighted by Crippen LogP contribution is 2.43. The van der Waals surface area contributed by atoms with Gasteiger partial charge in [-0.05, 0) is 42.3 Å². The molecule has 4 rings (SSSR count). The molecule has 0 bridgehead atoms. The van der Waals surface area contributed by atoms with E-state index in [1.807, 2.05) is 0 Å². The van der Waals surface area contributed by atoms with Crippen molar-refractivity contribution in [2.24, 2.45) is 0 Å². The number of β-amino-alcohol motifs (C(OH)–C–C–N with tert-alkyl or cyclic N) is 1. The van der Waals surface area contributed by atoms with Gasteiger partial charge in [0.1, 0.15) is 11.5 Å². The van der Waals surface area contributed by atoms with Crippen molar-refractivity contribution in [1.82, 2.24) is 9.80 Å². The van der Waals surface area contributed by atoms with E-state index in [2.05, 4.69) is 9.80 Å². The predicted molar refractivity (Wildman–Crippen MR) is 131 cm³/mol. The molecule has 1 saturated heterocycles. The summed E-state index contributed by atoms with van der Waals surface area (Å²) in [4.78, 5) is 17.7. The van der Waals surface area contributed by atoms with Crippen LogP contribution in [-0.2, 0) is 6.54 Å². The molecule has 188 valence electrons. The second kappa shape index (κ2) is 10.6. The molecule has 0 unspecified atom stereocenters. The number of ether oxygens (including phenoxy) is 4. The number of aliphatic hydroxyl groups excluding tert-OH is 1. The summed E-state index contributed by atoms with van der Waals surface area (Å²) in [6, 6.07) is 5.11. The lowest BCUT2D eigenvalue weighted by Gasteiger charge is -2.34. The summed E-state index contributed by atoms with van der Waals surface area (Å²) in [6.07, 6.45) is 1.64. The zero-order valence-corrected chi connectivity index (χ0v) is 20.6. The van der Waals surface area contributed by atoms with Crippen LogP contribution in [0, 0.1) is 6.92 Å². The fourth-order valence-electron chi connectivity index (χ4n) is 4.60. The van der Waals surface area contributed by atoms with Crippen molar-refractivity contribution >= 4 is 11.9 Å². The molecular weight excluding hydrogens is 452 g/mol. The Morgan fingerprint density at radius 1 is 1.00 bits per heavy atom. The van der Waals surface area contributed by atoms with Gasteiger partial charge in [-0.1, -0.05) is 0 Å². The number of rotatable bonds is 8. The molecule has 0 radical (unpaired) electrons. The standard InChI is InChI=1S/C26H32N2O7/c1-16-11-19(30)18(15-28-7-5-27(6-8-28)9-10-29)25-23(16)24(31)20(35-25)12-17-13-21(32-2)26(34-4)22(14-17)33-3/h11-14,29-30H,5-10,15H2,1-4H3/b20-12+. The number of hydrogen-bond donors (Lipinski definition) is 2. The van der Waals surface area contributed by atoms with Crippen molar-refractivity contribution < 1.29 is 34.0 Å². The molecule has 0 atom stereocenters. The zero-order chi connectivity index (χ0) is 25.1. The van der Waals surface area contributed by atoms with E-state index in [1.165, 1.54) is 21.3 Å². The van der Waals surface area contributed by atoms with Gasteiger partial charge in [0, 0.05) is 39.3 Å². The molecule has 35 heavy (non-hydrogen) atoms. The number of ketones is 1. The van der Waals surface area contributed by atoms with Crippen LogP contribution in [0.25, 0.3) is 6.08 Å². The van der Waals surface area contributed by atoms with Gasteiger partial charge in [-0.15, -0.1) is 0 Å². The number of Topliss-reactive ketones (excluding diaryl/α,β-unsaturated/α-hetero) is 1. The van der Waals surface area contributed by atoms with E-state index < -0.39 is 0 Å². The minimum Gasteiger partial charge on any atom is -0.507 e. The third kappa shape index (κ3) is 4.93. The SMILES string of the molecule is COc1cc(/C=C2/Oc3c(CN4CCN(CCO)CC4)c(O)cc(C)c3C2=O)cc(OC)c1OC. The number of benzene rings is 2. The van der Waals surface area contributed by atoms with Crippen LogP contribution >= 0.6 is 0 Å². The van der Waals surface area contributed by atoms with Gasteiger partial charge in [0.15, 0.2) is 17.3 Å². The second-order valence-electron chi connectivity index (χ2n) is 8.64. The highest BCUT2D eigenvalue weighted by Gasteiger charge is 2.34. The van der Waals surface area contributed by atoms with E-state index in [4.69, 9.17) is 24.1 Å². The van der Waals surface area contributed by atoms with Gasteiger partial charge < -0.3 is 29.2 Å². The topological polar surface area (TPSA) is 101 Å². The number of carbonyl (C=O) groups is 1. The maximum atomic E-state index is 13.3. The molecule has 0 spiro atoms. The van der Waals surface area contributed by atoms with Gasteiger partial charge in [0.25, 0.3) is 0 Å².